The van der Waals surface area contributed by atoms with Crippen molar-refractivity contribution in [3.8, 4) is 17.0 Å². The molecule has 1 aromatic carbocycles. The lowest BCUT2D eigenvalue weighted by Gasteiger charge is -2.34. The predicted molar refractivity (Wildman–Crippen MR) is 102 cm³/mol. The molecular weight excluding hydrogens is 352 g/mol. The molecule has 0 saturated carbocycles. The van der Waals surface area contributed by atoms with Crippen molar-refractivity contribution in [3.63, 3.8) is 0 Å². The molecule has 1 aromatic heterocycles. The first-order valence-corrected chi connectivity index (χ1v) is 10.4. The Morgan fingerprint density at radius 1 is 1.00 bits per heavy atom. The number of rotatable bonds is 6. The summed E-state index contributed by atoms with van der Waals surface area (Å²) in [7, 11) is -1.49. The number of aromatic nitrogens is 2. The average Bonchev–Trinajstić information content (AvgIpc) is 2.68. The molecule has 3 rings (SSSR count). The first kappa shape index (κ1) is 18.6. The average molecular weight is 376 g/mol. The number of methoxy groups -OCH3 is 1. The van der Waals surface area contributed by atoms with E-state index in [0.717, 1.165) is 22.8 Å². The summed E-state index contributed by atoms with van der Waals surface area (Å²) in [6.45, 7) is 4.11. The van der Waals surface area contributed by atoms with Crippen molar-refractivity contribution >= 4 is 15.8 Å². The van der Waals surface area contributed by atoms with Gasteiger partial charge in [-0.15, -0.1) is 10.2 Å². The van der Waals surface area contributed by atoms with Crippen molar-refractivity contribution < 1.29 is 13.2 Å². The molecule has 0 radical (unpaired) electrons. The van der Waals surface area contributed by atoms with Gasteiger partial charge in [0.2, 0.25) is 10.0 Å². The zero-order valence-corrected chi connectivity index (χ0v) is 15.9. The fourth-order valence-electron chi connectivity index (χ4n) is 2.99. The first-order valence-electron chi connectivity index (χ1n) is 8.74. The van der Waals surface area contributed by atoms with Crippen molar-refractivity contribution in [1.82, 2.24) is 14.5 Å². The van der Waals surface area contributed by atoms with Crippen LogP contribution in [0.25, 0.3) is 11.3 Å². The van der Waals surface area contributed by atoms with Crippen LogP contribution >= 0.6 is 0 Å². The Hall–Kier alpha value is -2.19. The molecule has 0 spiro atoms. The van der Waals surface area contributed by atoms with Crippen LogP contribution in [0, 0.1) is 0 Å². The van der Waals surface area contributed by atoms with E-state index in [4.69, 9.17) is 4.74 Å². The van der Waals surface area contributed by atoms with E-state index in [2.05, 4.69) is 15.1 Å². The van der Waals surface area contributed by atoms with Gasteiger partial charge in [-0.2, -0.15) is 4.31 Å². The SMILES string of the molecule is CCCS(=O)(=O)N1CCN(c2ccc(-c3ccc(OC)cc3)nn2)CC1. The molecule has 0 aliphatic carbocycles. The smallest absolute Gasteiger partial charge is 0.214 e. The van der Waals surface area contributed by atoms with Crippen LogP contribution in [-0.2, 0) is 10.0 Å². The van der Waals surface area contributed by atoms with Crippen LogP contribution in [-0.4, -0.2) is 62.0 Å². The Morgan fingerprint density at radius 3 is 2.23 bits per heavy atom. The maximum absolute atomic E-state index is 12.1. The second-order valence-electron chi connectivity index (χ2n) is 6.21. The molecule has 26 heavy (non-hydrogen) atoms. The summed E-state index contributed by atoms with van der Waals surface area (Å²) in [6, 6.07) is 11.5. The van der Waals surface area contributed by atoms with Crippen molar-refractivity contribution in [2.24, 2.45) is 0 Å². The number of anilines is 1. The van der Waals surface area contributed by atoms with E-state index in [1.54, 1.807) is 11.4 Å². The first-order chi connectivity index (χ1) is 12.5. The van der Waals surface area contributed by atoms with Gasteiger partial charge in [0, 0.05) is 31.7 Å². The molecular formula is C18H24N4O3S. The highest BCUT2D eigenvalue weighted by molar-refractivity contribution is 7.89. The normalized spacial score (nSPS) is 15.8. The third-order valence-corrected chi connectivity index (χ3v) is 6.53. The van der Waals surface area contributed by atoms with Gasteiger partial charge in [0.15, 0.2) is 5.82 Å². The number of nitrogens with zero attached hydrogens (tertiary/aromatic N) is 4. The van der Waals surface area contributed by atoms with Crippen molar-refractivity contribution in [2.45, 2.75) is 13.3 Å². The van der Waals surface area contributed by atoms with Gasteiger partial charge < -0.3 is 9.64 Å². The number of sulfonamides is 1. The van der Waals surface area contributed by atoms with Crippen LogP contribution in [0.15, 0.2) is 36.4 Å². The van der Waals surface area contributed by atoms with Gasteiger partial charge in [-0.05, 0) is 42.8 Å². The summed E-state index contributed by atoms with van der Waals surface area (Å²) in [5.74, 6) is 1.78. The third-order valence-electron chi connectivity index (χ3n) is 4.45. The molecule has 0 unspecified atom stereocenters. The van der Waals surface area contributed by atoms with Crippen molar-refractivity contribution in [3.05, 3.63) is 36.4 Å². The molecule has 1 aliphatic rings. The fraction of sp³-hybridized carbons (Fsp3) is 0.444. The third kappa shape index (κ3) is 4.13. The van der Waals surface area contributed by atoms with Crippen molar-refractivity contribution in [2.75, 3.05) is 43.9 Å². The van der Waals surface area contributed by atoms with Crippen LogP contribution < -0.4 is 9.64 Å². The number of hydrogen-bond donors (Lipinski definition) is 0. The quantitative estimate of drug-likeness (QED) is 0.768. The molecule has 1 fully saturated rings. The minimum atomic E-state index is -3.13. The van der Waals surface area contributed by atoms with Gasteiger partial charge in [0.1, 0.15) is 5.75 Å². The zero-order valence-electron chi connectivity index (χ0n) is 15.1. The highest BCUT2D eigenvalue weighted by Crippen LogP contribution is 2.22. The van der Waals surface area contributed by atoms with Crippen LogP contribution in [0.1, 0.15) is 13.3 Å². The summed E-state index contributed by atoms with van der Waals surface area (Å²) >= 11 is 0. The summed E-state index contributed by atoms with van der Waals surface area (Å²) in [4.78, 5) is 2.07. The van der Waals surface area contributed by atoms with Gasteiger partial charge >= 0.3 is 0 Å². The second kappa shape index (κ2) is 8.01. The Bertz CT molecular complexity index is 815. The number of ether oxygens (including phenoxy) is 1. The molecule has 1 aliphatic heterocycles. The Balaban J connectivity index is 1.64. The number of hydrogen-bond acceptors (Lipinski definition) is 6. The highest BCUT2D eigenvalue weighted by Gasteiger charge is 2.26. The van der Waals surface area contributed by atoms with E-state index in [-0.39, 0.29) is 5.75 Å². The molecule has 0 atom stereocenters. The van der Waals surface area contributed by atoms with Gasteiger partial charge in [-0.25, -0.2) is 8.42 Å². The Labute approximate surface area is 154 Å². The summed E-state index contributed by atoms with van der Waals surface area (Å²) in [5, 5.41) is 8.63. The van der Waals surface area contributed by atoms with E-state index < -0.39 is 10.0 Å². The molecule has 0 N–H and O–H groups in total. The largest absolute Gasteiger partial charge is 0.497 e. The minimum absolute atomic E-state index is 0.212. The molecule has 0 amide bonds. The zero-order chi connectivity index (χ0) is 18.6. The van der Waals surface area contributed by atoms with E-state index >= 15 is 0 Å². The summed E-state index contributed by atoms with van der Waals surface area (Å²) in [6.07, 6.45) is 0.640. The molecule has 1 saturated heterocycles. The lowest BCUT2D eigenvalue weighted by atomic mass is 10.1. The maximum Gasteiger partial charge on any atom is 0.214 e. The van der Waals surface area contributed by atoms with Crippen molar-refractivity contribution in [1.29, 1.82) is 0 Å². The molecule has 7 nitrogen and oxygen atoms in total. The van der Waals surface area contributed by atoms with Crippen LogP contribution in [0.2, 0.25) is 0 Å². The summed E-state index contributed by atoms with van der Waals surface area (Å²) < 4.78 is 31.0. The van der Waals surface area contributed by atoms with Gasteiger partial charge in [-0.3, -0.25) is 0 Å². The van der Waals surface area contributed by atoms with Gasteiger partial charge in [0.05, 0.1) is 18.6 Å². The Kier molecular flexibility index (Phi) is 5.73. The highest BCUT2D eigenvalue weighted by atomic mass is 32.2. The van der Waals surface area contributed by atoms with Crippen LogP contribution in [0.3, 0.4) is 0 Å². The van der Waals surface area contributed by atoms with E-state index in [0.29, 0.717) is 32.6 Å². The molecule has 2 heterocycles. The molecule has 2 aromatic rings. The number of benzene rings is 1. The molecule has 0 bridgehead atoms. The summed E-state index contributed by atoms with van der Waals surface area (Å²) in [5.41, 5.74) is 1.76. The maximum atomic E-state index is 12.1. The minimum Gasteiger partial charge on any atom is -0.497 e. The fourth-order valence-corrected chi connectivity index (χ4v) is 4.49. The lowest BCUT2D eigenvalue weighted by molar-refractivity contribution is 0.383. The van der Waals surface area contributed by atoms with Gasteiger partial charge in [0.25, 0.3) is 0 Å². The van der Waals surface area contributed by atoms with E-state index in [9.17, 15) is 8.42 Å². The number of piperazine rings is 1. The van der Waals surface area contributed by atoms with E-state index in [1.807, 2.05) is 43.3 Å². The Morgan fingerprint density at radius 2 is 1.69 bits per heavy atom. The topological polar surface area (TPSA) is 75.6 Å². The van der Waals surface area contributed by atoms with Crippen LogP contribution in [0.4, 0.5) is 5.82 Å². The van der Waals surface area contributed by atoms with Gasteiger partial charge in [-0.1, -0.05) is 6.92 Å². The lowest BCUT2D eigenvalue weighted by Crippen LogP contribution is -2.49. The monoisotopic (exact) mass is 376 g/mol. The predicted octanol–water partition coefficient (Wildman–Crippen LogP) is 2.01. The van der Waals surface area contributed by atoms with E-state index in [1.165, 1.54) is 0 Å². The molecule has 8 heteroatoms. The second-order valence-corrected chi connectivity index (χ2v) is 8.30. The molecule has 140 valence electrons. The standard InChI is InChI=1S/C18H24N4O3S/c1-3-14-26(23,24)22-12-10-21(11-13-22)18-9-8-17(19-20-18)15-4-6-16(25-2)7-5-15/h4-9H,3,10-14H2,1-2H3. The van der Waals surface area contributed by atoms with Crippen LogP contribution in [0.5, 0.6) is 5.75 Å².